The van der Waals surface area contributed by atoms with Crippen molar-refractivity contribution < 1.29 is 0 Å². The van der Waals surface area contributed by atoms with Gasteiger partial charge in [0, 0.05) is 12.5 Å². The lowest BCUT2D eigenvalue weighted by atomic mass is 10.4. The Morgan fingerprint density at radius 1 is 1.47 bits per heavy atom. The van der Waals surface area contributed by atoms with E-state index in [0.29, 0.717) is 11.1 Å². The van der Waals surface area contributed by atoms with Gasteiger partial charge in [-0.1, -0.05) is 11.6 Å². The number of hydrogen-bond acceptors (Lipinski definition) is 3. The number of rotatable bonds is 2. The summed E-state index contributed by atoms with van der Waals surface area (Å²) in [5.41, 5.74) is 1.57. The van der Waals surface area contributed by atoms with Gasteiger partial charge >= 0.3 is 0 Å². The fraction of sp³-hybridized carbons (Fsp3) is 0.500. The third kappa shape index (κ3) is 1.40. The SMILES string of the molecule is CCn1cnc2nc(C3CC3)nc(Cl)c21. The number of nitrogens with zero attached hydrogens (tertiary/aromatic N) is 4. The minimum absolute atomic E-state index is 0.513. The Labute approximate surface area is 92.3 Å². The van der Waals surface area contributed by atoms with Crippen LogP contribution in [-0.4, -0.2) is 19.5 Å². The van der Waals surface area contributed by atoms with Gasteiger partial charge in [-0.2, -0.15) is 0 Å². The van der Waals surface area contributed by atoms with E-state index in [1.54, 1.807) is 6.33 Å². The lowest BCUT2D eigenvalue weighted by Crippen LogP contribution is -1.97. The smallest absolute Gasteiger partial charge is 0.182 e. The molecular weight excluding hydrogens is 212 g/mol. The van der Waals surface area contributed by atoms with Crippen LogP contribution >= 0.6 is 11.6 Å². The van der Waals surface area contributed by atoms with Crippen LogP contribution in [0.15, 0.2) is 6.33 Å². The molecule has 2 aromatic heterocycles. The summed E-state index contributed by atoms with van der Waals surface area (Å²) < 4.78 is 1.97. The summed E-state index contributed by atoms with van der Waals surface area (Å²) in [6.45, 7) is 2.88. The molecule has 15 heavy (non-hydrogen) atoms. The number of aromatic nitrogens is 4. The molecule has 0 radical (unpaired) electrons. The molecule has 1 saturated carbocycles. The number of aryl methyl sites for hydroxylation is 1. The first-order valence-corrected chi connectivity index (χ1v) is 5.55. The third-order valence-corrected chi connectivity index (χ3v) is 2.99. The van der Waals surface area contributed by atoms with Crippen molar-refractivity contribution in [3.05, 3.63) is 17.3 Å². The van der Waals surface area contributed by atoms with E-state index >= 15 is 0 Å². The first-order chi connectivity index (χ1) is 7.29. The van der Waals surface area contributed by atoms with Crippen molar-refractivity contribution >= 4 is 22.8 Å². The number of hydrogen-bond donors (Lipinski definition) is 0. The molecular formula is C10H11ClN4. The van der Waals surface area contributed by atoms with E-state index in [0.717, 1.165) is 23.5 Å². The van der Waals surface area contributed by atoms with Gasteiger partial charge in [-0.15, -0.1) is 0 Å². The summed E-state index contributed by atoms with van der Waals surface area (Å²) in [4.78, 5) is 13.0. The maximum absolute atomic E-state index is 6.15. The van der Waals surface area contributed by atoms with E-state index in [9.17, 15) is 0 Å². The van der Waals surface area contributed by atoms with E-state index in [-0.39, 0.29) is 0 Å². The second kappa shape index (κ2) is 3.17. The van der Waals surface area contributed by atoms with Crippen molar-refractivity contribution in [2.24, 2.45) is 0 Å². The summed E-state index contributed by atoms with van der Waals surface area (Å²) >= 11 is 6.15. The highest BCUT2D eigenvalue weighted by Gasteiger charge is 2.28. The molecule has 2 aromatic rings. The molecule has 3 rings (SSSR count). The van der Waals surface area contributed by atoms with Crippen molar-refractivity contribution in [2.75, 3.05) is 0 Å². The normalized spacial score (nSPS) is 16.1. The van der Waals surface area contributed by atoms with Crippen LogP contribution in [-0.2, 0) is 6.54 Å². The Balaban J connectivity index is 2.23. The Kier molecular flexibility index (Phi) is 1.92. The second-order valence-electron chi connectivity index (χ2n) is 3.85. The quantitative estimate of drug-likeness (QED) is 0.733. The van der Waals surface area contributed by atoms with Crippen LogP contribution in [0.25, 0.3) is 11.2 Å². The van der Waals surface area contributed by atoms with Gasteiger partial charge in [0.15, 0.2) is 10.8 Å². The molecule has 1 fully saturated rings. The molecule has 5 heteroatoms. The minimum Gasteiger partial charge on any atom is -0.327 e. The van der Waals surface area contributed by atoms with E-state index < -0.39 is 0 Å². The highest BCUT2D eigenvalue weighted by atomic mass is 35.5. The maximum atomic E-state index is 6.15. The summed E-state index contributed by atoms with van der Waals surface area (Å²) in [6, 6.07) is 0. The van der Waals surface area contributed by atoms with Crippen molar-refractivity contribution in [2.45, 2.75) is 32.2 Å². The zero-order valence-corrected chi connectivity index (χ0v) is 9.20. The summed E-state index contributed by atoms with van der Waals surface area (Å²) in [5, 5.41) is 0.529. The number of halogens is 1. The van der Waals surface area contributed by atoms with Crippen LogP contribution in [0, 0.1) is 0 Å². The first kappa shape index (κ1) is 9.09. The van der Waals surface area contributed by atoms with Crippen LogP contribution in [0.5, 0.6) is 0 Å². The minimum atomic E-state index is 0.513. The van der Waals surface area contributed by atoms with Gasteiger partial charge in [0.05, 0.1) is 6.33 Å². The van der Waals surface area contributed by atoms with E-state index in [1.165, 1.54) is 12.8 Å². The fourth-order valence-electron chi connectivity index (χ4n) is 1.72. The average Bonchev–Trinajstić information content (AvgIpc) is 2.99. The predicted molar refractivity (Wildman–Crippen MR) is 58.0 cm³/mol. The van der Waals surface area contributed by atoms with Crippen LogP contribution < -0.4 is 0 Å². The summed E-state index contributed by atoms with van der Waals surface area (Å²) in [7, 11) is 0. The molecule has 1 aliphatic rings. The molecule has 1 aliphatic carbocycles. The van der Waals surface area contributed by atoms with E-state index in [1.807, 2.05) is 11.5 Å². The van der Waals surface area contributed by atoms with Gasteiger partial charge in [0.1, 0.15) is 11.3 Å². The van der Waals surface area contributed by atoms with Crippen LogP contribution in [0.1, 0.15) is 31.5 Å². The van der Waals surface area contributed by atoms with Gasteiger partial charge in [-0.05, 0) is 19.8 Å². The summed E-state index contributed by atoms with van der Waals surface area (Å²) in [6.07, 6.45) is 4.12. The molecule has 0 unspecified atom stereocenters. The molecule has 0 N–H and O–H groups in total. The first-order valence-electron chi connectivity index (χ1n) is 5.18. The topological polar surface area (TPSA) is 43.6 Å². The van der Waals surface area contributed by atoms with Crippen molar-refractivity contribution in [3.8, 4) is 0 Å². The molecule has 78 valence electrons. The van der Waals surface area contributed by atoms with E-state index in [2.05, 4.69) is 15.0 Å². The predicted octanol–water partition coefficient (Wildman–Crippen LogP) is 2.38. The van der Waals surface area contributed by atoms with Crippen LogP contribution in [0.3, 0.4) is 0 Å². The lowest BCUT2D eigenvalue weighted by molar-refractivity contribution is 0.784. The zero-order valence-electron chi connectivity index (χ0n) is 8.44. The van der Waals surface area contributed by atoms with E-state index in [4.69, 9.17) is 11.6 Å². The third-order valence-electron chi connectivity index (χ3n) is 2.73. The molecule has 0 atom stereocenters. The average molecular weight is 223 g/mol. The molecule has 0 aromatic carbocycles. The summed E-state index contributed by atoms with van der Waals surface area (Å²) in [5.74, 6) is 1.37. The Morgan fingerprint density at radius 3 is 2.93 bits per heavy atom. The molecule has 0 amide bonds. The second-order valence-corrected chi connectivity index (χ2v) is 4.21. The van der Waals surface area contributed by atoms with Crippen molar-refractivity contribution in [1.82, 2.24) is 19.5 Å². The van der Waals surface area contributed by atoms with Gasteiger partial charge in [-0.25, -0.2) is 15.0 Å². The highest BCUT2D eigenvalue weighted by Crippen LogP contribution is 2.39. The zero-order chi connectivity index (χ0) is 10.4. The largest absolute Gasteiger partial charge is 0.327 e. The highest BCUT2D eigenvalue weighted by molar-refractivity contribution is 6.33. The molecule has 0 aliphatic heterocycles. The van der Waals surface area contributed by atoms with Gasteiger partial charge in [0.2, 0.25) is 0 Å². The number of imidazole rings is 1. The standard InChI is InChI=1S/C10H11ClN4/c1-2-15-5-12-10-7(15)8(11)13-9(14-10)6-3-4-6/h5-6H,2-4H2,1H3. The number of fused-ring (bicyclic) bond motifs is 1. The van der Waals surface area contributed by atoms with Gasteiger partial charge < -0.3 is 4.57 Å². The van der Waals surface area contributed by atoms with Crippen molar-refractivity contribution in [1.29, 1.82) is 0 Å². The monoisotopic (exact) mass is 222 g/mol. The van der Waals surface area contributed by atoms with Gasteiger partial charge in [-0.3, -0.25) is 0 Å². The van der Waals surface area contributed by atoms with Crippen molar-refractivity contribution in [3.63, 3.8) is 0 Å². The molecule has 0 saturated heterocycles. The Bertz CT molecular complexity index is 515. The van der Waals surface area contributed by atoms with Crippen LogP contribution in [0.2, 0.25) is 5.15 Å². The van der Waals surface area contributed by atoms with Crippen LogP contribution in [0.4, 0.5) is 0 Å². The molecule has 2 heterocycles. The fourth-order valence-corrected chi connectivity index (χ4v) is 1.99. The Hall–Kier alpha value is -1.16. The lowest BCUT2D eigenvalue weighted by Gasteiger charge is -2.02. The maximum Gasteiger partial charge on any atom is 0.182 e. The van der Waals surface area contributed by atoms with Gasteiger partial charge in [0.25, 0.3) is 0 Å². The molecule has 4 nitrogen and oxygen atoms in total. The molecule has 0 spiro atoms. The Morgan fingerprint density at radius 2 is 2.27 bits per heavy atom. The molecule has 0 bridgehead atoms.